The summed E-state index contributed by atoms with van der Waals surface area (Å²) in [5, 5.41) is 8.75. The fourth-order valence-corrected chi connectivity index (χ4v) is 2.04. The second-order valence-corrected chi connectivity index (χ2v) is 5.36. The van der Waals surface area contributed by atoms with Crippen LogP contribution in [0.3, 0.4) is 0 Å². The molecule has 4 nitrogen and oxygen atoms in total. The van der Waals surface area contributed by atoms with Gasteiger partial charge in [-0.05, 0) is 17.9 Å². The first-order valence-electron chi connectivity index (χ1n) is 7.02. The van der Waals surface area contributed by atoms with Gasteiger partial charge in [0.05, 0.1) is 6.42 Å². The molecule has 20 heavy (non-hydrogen) atoms. The van der Waals surface area contributed by atoms with Gasteiger partial charge in [-0.2, -0.15) is 0 Å². The SMILES string of the molecule is CC(C)CN(CCC(=O)O)C(=O)CCc1ccccc1. The molecule has 0 aliphatic heterocycles. The summed E-state index contributed by atoms with van der Waals surface area (Å²) in [6.45, 7) is 4.96. The van der Waals surface area contributed by atoms with Crippen molar-refractivity contribution < 1.29 is 14.7 Å². The Balaban J connectivity index is 2.51. The Morgan fingerprint density at radius 2 is 1.80 bits per heavy atom. The Bertz CT molecular complexity index is 429. The summed E-state index contributed by atoms with van der Waals surface area (Å²) in [5.41, 5.74) is 1.13. The van der Waals surface area contributed by atoms with Crippen molar-refractivity contribution >= 4 is 11.9 Å². The lowest BCUT2D eigenvalue weighted by Gasteiger charge is -2.24. The summed E-state index contributed by atoms with van der Waals surface area (Å²) in [4.78, 5) is 24.5. The summed E-state index contributed by atoms with van der Waals surface area (Å²) in [6.07, 6.45) is 1.13. The third kappa shape index (κ3) is 6.36. The standard InChI is InChI=1S/C16H23NO3/c1-13(2)12-17(11-10-16(19)20)15(18)9-8-14-6-4-3-5-7-14/h3-7,13H,8-12H2,1-2H3,(H,19,20). The normalized spacial score (nSPS) is 10.6. The molecule has 1 aromatic carbocycles. The first kappa shape index (κ1) is 16.2. The molecule has 0 aliphatic carbocycles. The number of carbonyl (C=O) groups is 2. The zero-order valence-corrected chi connectivity index (χ0v) is 12.2. The lowest BCUT2D eigenvalue weighted by molar-refractivity contribution is -0.138. The van der Waals surface area contributed by atoms with Crippen molar-refractivity contribution in [1.29, 1.82) is 0 Å². The number of nitrogens with zero attached hydrogens (tertiary/aromatic N) is 1. The second-order valence-electron chi connectivity index (χ2n) is 5.36. The molecule has 0 spiro atoms. The van der Waals surface area contributed by atoms with Gasteiger partial charge in [0.1, 0.15) is 0 Å². The van der Waals surface area contributed by atoms with E-state index in [9.17, 15) is 9.59 Å². The molecule has 0 heterocycles. The van der Waals surface area contributed by atoms with Crippen LogP contribution in [0.1, 0.15) is 32.3 Å². The van der Waals surface area contributed by atoms with Gasteiger partial charge >= 0.3 is 5.97 Å². The summed E-state index contributed by atoms with van der Waals surface area (Å²) in [5.74, 6) is -0.497. The zero-order chi connectivity index (χ0) is 15.0. The van der Waals surface area contributed by atoms with Gasteiger partial charge in [0, 0.05) is 19.5 Å². The molecular weight excluding hydrogens is 254 g/mol. The van der Waals surface area contributed by atoms with Crippen LogP contribution in [0, 0.1) is 5.92 Å². The number of rotatable bonds is 8. The smallest absolute Gasteiger partial charge is 0.305 e. The van der Waals surface area contributed by atoms with Crippen LogP contribution in [0.15, 0.2) is 30.3 Å². The van der Waals surface area contributed by atoms with E-state index < -0.39 is 5.97 Å². The Morgan fingerprint density at radius 3 is 2.35 bits per heavy atom. The number of aliphatic carboxylic acids is 1. The first-order valence-corrected chi connectivity index (χ1v) is 7.02. The van der Waals surface area contributed by atoms with Gasteiger partial charge in [0.25, 0.3) is 0 Å². The number of carboxylic acid groups (broad SMARTS) is 1. The average Bonchev–Trinajstić information content (AvgIpc) is 2.41. The van der Waals surface area contributed by atoms with E-state index >= 15 is 0 Å². The van der Waals surface area contributed by atoms with E-state index in [1.54, 1.807) is 4.90 Å². The zero-order valence-electron chi connectivity index (χ0n) is 12.2. The number of aryl methyl sites for hydroxylation is 1. The Kier molecular flexibility index (Phi) is 6.77. The maximum absolute atomic E-state index is 12.2. The van der Waals surface area contributed by atoms with E-state index in [-0.39, 0.29) is 12.3 Å². The van der Waals surface area contributed by atoms with Crippen molar-refractivity contribution in [2.75, 3.05) is 13.1 Å². The molecule has 1 aromatic rings. The second kappa shape index (κ2) is 8.35. The topological polar surface area (TPSA) is 57.6 Å². The highest BCUT2D eigenvalue weighted by Crippen LogP contribution is 2.07. The lowest BCUT2D eigenvalue weighted by atomic mass is 10.1. The van der Waals surface area contributed by atoms with Crippen molar-refractivity contribution in [3.05, 3.63) is 35.9 Å². The maximum Gasteiger partial charge on any atom is 0.305 e. The molecule has 1 amide bonds. The van der Waals surface area contributed by atoms with Crippen LogP contribution < -0.4 is 0 Å². The molecule has 0 bridgehead atoms. The minimum absolute atomic E-state index is 0.00377. The van der Waals surface area contributed by atoms with Crippen LogP contribution in [-0.2, 0) is 16.0 Å². The summed E-state index contributed by atoms with van der Waals surface area (Å²) in [6, 6.07) is 9.85. The molecule has 110 valence electrons. The highest BCUT2D eigenvalue weighted by Gasteiger charge is 2.15. The van der Waals surface area contributed by atoms with Crippen molar-refractivity contribution in [2.24, 2.45) is 5.92 Å². The number of carbonyl (C=O) groups excluding carboxylic acids is 1. The molecule has 1 rings (SSSR count). The summed E-state index contributed by atoms with van der Waals surface area (Å²) < 4.78 is 0. The van der Waals surface area contributed by atoms with E-state index in [1.165, 1.54) is 0 Å². The minimum atomic E-state index is -0.866. The van der Waals surface area contributed by atoms with Gasteiger partial charge in [-0.1, -0.05) is 44.2 Å². The highest BCUT2D eigenvalue weighted by molar-refractivity contribution is 5.77. The van der Waals surface area contributed by atoms with Crippen molar-refractivity contribution in [1.82, 2.24) is 4.90 Å². The third-order valence-corrected chi connectivity index (χ3v) is 3.00. The third-order valence-electron chi connectivity index (χ3n) is 3.00. The molecule has 0 unspecified atom stereocenters. The van der Waals surface area contributed by atoms with Gasteiger partial charge in [-0.3, -0.25) is 9.59 Å². The molecule has 0 atom stereocenters. The molecule has 0 fully saturated rings. The molecule has 0 saturated heterocycles. The van der Waals surface area contributed by atoms with Gasteiger partial charge in [0.15, 0.2) is 0 Å². The predicted molar refractivity (Wildman–Crippen MR) is 78.4 cm³/mol. The highest BCUT2D eigenvalue weighted by atomic mass is 16.4. The van der Waals surface area contributed by atoms with E-state index in [0.29, 0.717) is 31.8 Å². The molecular formula is C16H23NO3. The fraction of sp³-hybridized carbons (Fsp3) is 0.500. The van der Waals surface area contributed by atoms with E-state index in [0.717, 1.165) is 5.56 Å². The molecule has 0 aromatic heterocycles. The molecule has 0 saturated carbocycles. The Morgan fingerprint density at radius 1 is 1.15 bits per heavy atom. The molecule has 4 heteroatoms. The summed E-state index contributed by atoms with van der Waals surface area (Å²) >= 11 is 0. The number of carboxylic acids is 1. The van der Waals surface area contributed by atoms with Crippen LogP contribution in [0.5, 0.6) is 0 Å². The number of benzene rings is 1. The van der Waals surface area contributed by atoms with Gasteiger partial charge in [0.2, 0.25) is 5.91 Å². The largest absolute Gasteiger partial charge is 0.481 e. The molecule has 1 N–H and O–H groups in total. The Hall–Kier alpha value is -1.84. The van der Waals surface area contributed by atoms with E-state index in [2.05, 4.69) is 0 Å². The van der Waals surface area contributed by atoms with Gasteiger partial charge in [-0.25, -0.2) is 0 Å². The van der Waals surface area contributed by atoms with Crippen LogP contribution >= 0.6 is 0 Å². The molecule has 0 radical (unpaired) electrons. The number of hydrogen-bond acceptors (Lipinski definition) is 2. The fourth-order valence-electron chi connectivity index (χ4n) is 2.04. The molecule has 0 aliphatic rings. The van der Waals surface area contributed by atoms with Gasteiger partial charge < -0.3 is 10.0 Å². The monoisotopic (exact) mass is 277 g/mol. The number of hydrogen-bond donors (Lipinski definition) is 1. The minimum Gasteiger partial charge on any atom is -0.481 e. The number of amides is 1. The van der Waals surface area contributed by atoms with Gasteiger partial charge in [-0.15, -0.1) is 0 Å². The lowest BCUT2D eigenvalue weighted by Crippen LogP contribution is -2.36. The van der Waals surface area contributed by atoms with Crippen LogP contribution in [-0.4, -0.2) is 35.0 Å². The van der Waals surface area contributed by atoms with Crippen molar-refractivity contribution in [2.45, 2.75) is 33.1 Å². The van der Waals surface area contributed by atoms with Crippen molar-refractivity contribution in [3.8, 4) is 0 Å². The Labute approximate surface area is 120 Å². The summed E-state index contributed by atoms with van der Waals surface area (Å²) in [7, 11) is 0. The predicted octanol–water partition coefficient (Wildman–Crippen LogP) is 2.58. The average molecular weight is 277 g/mol. The van der Waals surface area contributed by atoms with E-state index in [1.807, 2.05) is 44.2 Å². The van der Waals surface area contributed by atoms with Crippen molar-refractivity contribution in [3.63, 3.8) is 0 Å². The quantitative estimate of drug-likeness (QED) is 0.794. The first-order chi connectivity index (χ1) is 9.49. The van der Waals surface area contributed by atoms with Crippen LogP contribution in [0.4, 0.5) is 0 Å². The van der Waals surface area contributed by atoms with Crippen LogP contribution in [0.25, 0.3) is 0 Å². The van der Waals surface area contributed by atoms with E-state index in [4.69, 9.17) is 5.11 Å². The van der Waals surface area contributed by atoms with Crippen LogP contribution in [0.2, 0.25) is 0 Å². The maximum atomic E-state index is 12.2.